The van der Waals surface area contributed by atoms with Gasteiger partial charge >= 0.3 is 6.00 Å². The van der Waals surface area contributed by atoms with Crippen LogP contribution in [0.15, 0.2) is 0 Å². The lowest BCUT2D eigenvalue weighted by Crippen LogP contribution is -2.07. The topological polar surface area (TPSA) is 20.2 Å². The Hall–Kier alpha value is 1.34. The number of aliphatic hydroxyl groups is 1. The summed E-state index contributed by atoms with van der Waals surface area (Å²) in [6.45, 7) is 1.93. The van der Waals surface area contributed by atoms with E-state index in [-0.39, 0.29) is 6.61 Å². The highest BCUT2D eigenvalue weighted by atomic mass is 35.8. The summed E-state index contributed by atoms with van der Waals surface area (Å²) < 4.78 is 0. The van der Waals surface area contributed by atoms with Crippen LogP contribution < -0.4 is 0 Å². The molecule has 0 fully saturated rings. The van der Waals surface area contributed by atoms with Crippen molar-refractivity contribution in [3.05, 3.63) is 0 Å². The van der Waals surface area contributed by atoms with Gasteiger partial charge in [0.15, 0.2) is 0 Å². The van der Waals surface area contributed by atoms with E-state index in [1.165, 1.54) is 0 Å². The summed E-state index contributed by atoms with van der Waals surface area (Å²) in [5.74, 6) is 0.584. The molecule has 0 unspecified atom stereocenters. The Bertz CT molecular complexity index is 75.4. The zero-order valence-corrected chi connectivity index (χ0v) is 10.3. The average Bonchev–Trinajstić information content (AvgIpc) is 1.84. The van der Waals surface area contributed by atoms with E-state index in [0.717, 1.165) is 6.42 Å². The van der Waals surface area contributed by atoms with Crippen LogP contribution in [0.5, 0.6) is 0 Å². The molecule has 11 heavy (non-hydrogen) atoms. The van der Waals surface area contributed by atoms with Crippen molar-refractivity contribution >= 4 is 50.8 Å². The molecule has 0 aliphatic rings. The summed E-state index contributed by atoms with van der Waals surface area (Å²) >= 11 is 21.9. The van der Waals surface area contributed by atoms with Crippen LogP contribution in [-0.2, 0) is 0 Å². The number of hydrogen-bond donors (Lipinski definition) is 1. The Morgan fingerprint density at radius 1 is 1.27 bits per heavy atom. The van der Waals surface area contributed by atoms with E-state index in [0.29, 0.717) is 11.9 Å². The summed E-state index contributed by atoms with van der Waals surface area (Å²) in [5.41, 5.74) is 0. The van der Waals surface area contributed by atoms with Crippen molar-refractivity contribution in [3.8, 4) is 0 Å². The molecule has 0 aromatic rings. The fraction of sp³-hybridized carbons (Fsp3) is 1.00. The van der Waals surface area contributed by atoms with Gasteiger partial charge < -0.3 is 5.11 Å². The van der Waals surface area contributed by atoms with E-state index in [1.54, 1.807) is 6.92 Å². The van der Waals surface area contributed by atoms with Crippen molar-refractivity contribution in [1.82, 2.24) is 0 Å². The standard InChI is InChI=1S/C3H6Cl4Si.C2H6O/c4-2-1-3-8(5,6)7;1-2-3/h1-3H2;3H,2H2,1H3. The fourth-order valence-electron chi connectivity index (χ4n) is 0.267. The first kappa shape index (κ1) is 14.8. The maximum absolute atomic E-state index is 7.57. The molecule has 6 heteroatoms. The Kier molecular flexibility index (Phi) is 12.7. The SMILES string of the molecule is CCO.ClCCC[Si](Cl)(Cl)Cl. The van der Waals surface area contributed by atoms with Crippen LogP contribution in [0.25, 0.3) is 0 Å². The molecule has 0 saturated heterocycles. The normalized spacial score (nSPS) is 10.4. The molecule has 0 spiro atoms. The van der Waals surface area contributed by atoms with Crippen molar-refractivity contribution < 1.29 is 5.11 Å². The van der Waals surface area contributed by atoms with Gasteiger partial charge in [-0.1, -0.05) is 0 Å². The average molecular weight is 258 g/mol. The molecule has 0 radical (unpaired) electrons. The molecule has 0 aromatic carbocycles. The van der Waals surface area contributed by atoms with Gasteiger partial charge in [0.05, 0.1) is 0 Å². The molecule has 0 amide bonds. The van der Waals surface area contributed by atoms with Gasteiger partial charge in [0.25, 0.3) is 0 Å². The maximum Gasteiger partial charge on any atom is 0.341 e. The molecule has 0 heterocycles. The molecule has 0 atom stereocenters. The minimum Gasteiger partial charge on any atom is -0.397 e. The largest absolute Gasteiger partial charge is 0.397 e. The van der Waals surface area contributed by atoms with E-state index in [9.17, 15) is 0 Å². The molecule has 0 rings (SSSR count). The number of hydrogen-bond acceptors (Lipinski definition) is 1. The van der Waals surface area contributed by atoms with Gasteiger partial charge in [0, 0.05) is 12.5 Å². The minimum atomic E-state index is -2.35. The number of halogens is 4. The zero-order valence-electron chi connectivity index (χ0n) is 6.29. The summed E-state index contributed by atoms with van der Waals surface area (Å²) in [6.07, 6.45) is 0.810. The van der Waals surface area contributed by atoms with Crippen molar-refractivity contribution in [3.63, 3.8) is 0 Å². The highest BCUT2D eigenvalue weighted by Gasteiger charge is 2.23. The van der Waals surface area contributed by atoms with Crippen LogP contribution in [0.4, 0.5) is 0 Å². The van der Waals surface area contributed by atoms with Crippen molar-refractivity contribution in [2.24, 2.45) is 0 Å². The molecular weight excluding hydrogens is 246 g/mol. The second kappa shape index (κ2) is 9.43. The molecule has 0 saturated carbocycles. The van der Waals surface area contributed by atoms with Gasteiger partial charge in [-0.25, -0.2) is 0 Å². The number of alkyl halides is 1. The molecule has 0 aliphatic heterocycles. The third-order valence-corrected chi connectivity index (χ3v) is 3.48. The van der Waals surface area contributed by atoms with Crippen molar-refractivity contribution in [2.45, 2.75) is 19.4 Å². The van der Waals surface area contributed by atoms with Crippen LogP contribution in [0.2, 0.25) is 6.04 Å². The highest BCUT2D eigenvalue weighted by molar-refractivity contribution is 7.64. The minimum absolute atomic E-state index is 0.250. The zero-order chi connectivity index (χ0) is 9.33. The highest BCUT2D eigenvalue weighted by Crippen LogP contribution is 2.26. The summed E-state index contributed by atoms with van der Waals surface area (Å²) in [4.78, 5) is 0. The van der Waals surface area contributed by atoms with Crippen LogP contribution in [0, 0.1) is 0 Å². The first-order valence-corrected chi connectivity index (χ1v) is 8.99. The van der Waals surface area contributed by atoms with Crippen LogP contribution >= 0.6 is 44.8 Å². The molecule has 0 aliphatic carbocycles. The predicted molar refractivity (Wildman–Crippen MR) is 56.2 cm³/mol. The Morgan fingerprint density at radius 2 is 1.64 bits per heavy atom. The smallest absolute Gasteiger partial charge is 0.341 e. The van der Waals surface area contributed by atoms with E-state index < -0.39 is 6.00 Å². The summed E-state index contributed by atoms with van der Waals surface area (Å²) in [5, 5.41) is 7.57. The van der Waals surface area contributed by atoms with E-state index in [1.807, 2.05) is 0 Å². The van der Waals surface area contributed by atoms with Crippen LogP contribution in [0.1, 0.15) is 13.3 Å². The number of rotatable bonds is 3. The van der Waals surface area contributed by atoms with Gasteiger partial charge in [0.1, 0.15) is 0 Å². The maximum atomic E-state index is 7.57. The van der Waals surface area contributed by atoms with E-state index in [2.05, 4.69) is 0 Å². The third-order valence-electron chi connectivity index (χ3n) is 0.594. The molecule has 0 aromatic heterocycles. The quantitative estimate of drug-likeness (QED) is 0.468. The van der Waals surface area contributed by atoms with Gasteiger partial charge in [-0.15, -0.1) is 44.8 Å². The molecule has 0 bridgehead atoms. The lowest BCUT2D eigenvalue weighted by molar-refractivity contribution is 0.318. The molecule has 70 valence electrons. The van der Waals surface area contributed by atoms with Crippen molar-refractivity contribution in [1.29, 1.82) is 0 Å². The Labute approximate surface area is 87.7 Å². The van der Waals surface area contributed by atoms with Crippen LogP contribution in [0.3, 0.4) is 0 Å². The van der Waals surface area contributed by atoms with Gasteiger partial charge in [-0.05, 0) is 19.4 Å². The predicted octanol–water partition coefficient (Wildman–Crippen LogP) is 3.27. The van der Waals surface area contributed by atoms with Gasteiger partial charge in [-0.2, -0.15) is 0 Å². The summed E-state index contributed by atoms with van der Waals surface area (Å²) in [7, 11) is 0. The first-order chi connectivity index (χ1) is 4.97. The van der Waals surface area contributed by atoms with Gasteiger partial charge in [-0.3, -0.25) is 0 Å². The molecular formula is C5H12Cl4OSi. The summed E-state index contributed by atoms with van der Waals surface area (Å²) in [6, 6.07) is -1.68. The van der Waals surface area contributed by atoms with E-state index >= 15 is 0 Å². The van der Waals surface area contributed by atoms with Crippen molar-refractivity contribution in [2.75, 3.05) is 12.5 Å². The Balaban J connectivity index is 0. The lowest BCUT2D eigenvalue weighted by atomic mass is 10.6. The van der Waals surface area contributed by atoms with E-state index in [4.69, 9.17) is 49.9 Å². The molecule has 1 N–H and O–H groups in total. The molecule has 1 nitrogen and oxygen atoms in total. The third kappa shape index (κ3) is 24.6. The number of aliphatic hydroxyl groups excluding tert-OH is 1. The lowest BCUT2D eigenvalue weighted by Gasteiger charge is -2.03. The second-order valence-corrected chi connectivity index (χ2v) is 11.4. The monoisotopic (exact) mass is 256 g/mol. The first-order valence-electron chi connectivity index (χ1n) is 3.21. The van der Waals surface area contributed by atoms with Crippen LogP contribution in [-0.4, -0.2) is 23.6 Å². The second-order valence-electron chi connectivity index (χ2n) is 1.72. The Morgan fingerprint density at radius 3 is 1.73 bits per heavy atom. The fourth-order valence-corrected chi connectivity index (χ4v) is 2.41. The van der Waals surface area contributed by atoms with Gasteiger partial charge in [0.2, 0.25) is 0 Å².